The third-order valence-electron chi connectivity index (χ3n) is 1.63. The highest BCUT2D eigenvalue weighted by Gasteiger charge is 2.13. The number of hydrogen-bond donors (Lipinski definition) is 1. The molecule has 2 nitrogen and oxygen atoms in total. The molecule has 0 fully saturated rings. The predicted octanol–water partition coefficient (Wildman–Crippen LogP) is 2.93. The zero-order valence-electron chi connectivity index (χ0n) is 6.89. The lowest BCUT2D eigenvalue weighted by molar-refractivity contribution is 0.145. The highest BCUT2D eigenvalue weighted by molar-refractivity contribution is 9.08. The largest absolute Gasteiger partial charge is 0.506 e. The van der Waals surface area contributed by atoms with Gasteiger partial charge in [0.05, 0.1) is 5.69 Å². The molecule has 1 heterocycles. The van der Waals surface area contributed by atoms with Crippen molar-refractivity contribution in [3.63, 3.8) is 0 Å². The Hall–Kier alpha value is -0.710. The number of aromatic nitrogens is 1. The van der Waals surface area contributed by atoms with Crippen LogP contribution in [0.1, 0.15) is 23.4 Å². The Morgan fingerprint density at radius 2 is 2.23 bits per heavy atom. The van der Waals surface area contributed by atoms with Crippen molar-refractivity contribution in [2.75, 3.05) is 0 Å². The normalized spacial score (nSPS) is 10.8. The SMILES string of the molecule is Cc1nc(C(F)F)cc(CBr)c1O. The van der Waals surface area contributed by atoms with Crippen LogP contribution in [0.25, 0.3) is 0 Å². The molecule has 0 atom stereocenters. The molecule has 1 aromatic heterocycles. The van der Waals surface area contributed by atoms with Gasteiger partial charge in [-0.15, -0.1) is 0 Å². The molecule has 0 spiro atoms. The summed E-state index contributed by atoms with van der Waals surface area (Å²) < 4.78 is 24.5. The minimum Gasteiger partial charge on any atom is -0.506 e. The summed E-state index contributed by atoms with van der Waals surface area (Å²) >= 11 is 3.09. The van der Waals surface area contributed by atoms with Crippen molar-refractivity contribution < 1.29 is 13.9 Å². The topological polar surface area (TPSA) is 33.1 Å². The molecule has 1 N–H and O–H groups in total. The zero-order chi connectivity index (χ0) is 10.0. The molecule has 0 amide bonds. The van der Waals surface area contributed by atoms with Gasteiger partial charge in [0, 0.05) is 10.9 Å². The molecule has 0 aliphatic rings. The lowest BCUT2D eigenvalue weighted by Crippen LogP contribution is -1.96. The number of rotatable bonds is 2. The quantitative estimate of drug-likeness (QED) is 0.821. The average molecular weight is 252 g/mol. The van der Waals surface area contributed by atoms with E-state index < -0.39 is 6.43 Å². The van der Waals surface area contributed by atoms with Crippen molar-refractivity contribution in [1.82, 2.24) is 4.98 Å². The molecule has 0 aromatic carbocycles. The Balaban J connectivity index is 3.22. The maximum Gasteiger partial charge on any atom is 0.280 e. The van der Waals surface area contributed by atoms with E-state index in [1.807, 2.05) is 0 Å². The molecule has 13 heavy (non-hydrogen) atoms. The Kier molecular flexibility index (Phi) is 3.19. The fourth-order valence-corrected chi connectivity index (χ4v) is 1.40. The maximum absolute atomic E-state index is 12.2. The molecule has 0 bridgehead atoms. The van der Waals surface area contributed by atoms with Crippen LogP contribution >= 0.6 is 15.9 Å². The fraction of sp³-hybridized carbons (Fsp3) is 0.375. The van der Waals surface area contributed by atoms with Crippen molar-refractivity contribution >= 4 is 15.9 Å². The van der Waals surface area contributed by atoms with Crippen molar-refractivity contribution in [2.24, 2.45) is 0 Å². The van der Waals surface area contributed by atoms with Gasteiger partial charge in [-0.2, -0.15) is 0 Å². The van der Waals surface area contributed by atoms with Gasteiger partial charge in [0.2, 0.25) is 0 Å². The molecule has 72 valence electrons. The summed E-state index contributed by atoms with van der Waals surface area (Å²) in [4.78, 5) is 3.56. The monoisotopic (exact) mass is 251 g/mol. The maximum atomic E-state index is 12.2. The third kappa shape index (κ3) is 2.15. The third-order valence-corrected chi connectivity index (χ3v) is 2.24. The van der Waals surface area contributed by atoms with Gasteiger partial charge in [-0.3, -0.25) is 0 Å². The van der Waals surface area contributed by atoms with Gasteiger partial charge < -0.3 is 5.11 Å². The van der Waals surface area contributed by atoms with E-state index in [0.29, 0.717) is 10.9 Å². The van der Waals surface area contributed by atoms with Gasteiger partial charge >= 0.3 is 0 Å². The molecule has 5 heteroatoms. The molecule has 1 aromatic rings. The first-order valence-corrected chi connectivity index (χ1v) is 4.72. The summed E-state index contributed by atoms with van der Waals surface area (Å²) in [7, 11) is 0. The van der Waals surface area contributed by atoms with Crippen LogP contribution in [-0.4, -0.2) is 10.1 Å². The second-order valence-electron chi connectivity index (χ2n) is 2.57. The fourth-order valence-electron chi connectivity index (χ4n) is 0.972. The number of pyridine rings is 1. The van der Waals surface area contributed by atoms with E-state index >= 15 is 0 Å². The van der Waals surface area contributed by atoms with E-state index in [4.69, 9.17) is 0 Å². The number of nitrogens with zero attached hydrogens (tertiary/aromatic N) is 1. The van der Waals surface area contributed by atoms with Gasteiger partial charge in [-0.25, -0.2) is 13.8 Å². The first-order chi connectivity index (χ1) is 6.06. The van der Waals surface area contributed by atoms with Gasteiger partial charge in [0.15, 0.2) is 0 Å². The zero-order valence-corrected chi connectivity index (χ0v) is 8.48. The number of aromatic hydroxyl groups is 1. The number of alkyl halides is 3. The molecule has 0 saturated carbocycles. The van der Waals surface area contributed by atoms with Crippen molar-refractivity contribution in [1.29, 1.82) is 0 Å². The van der Waals surface area contributed by atoms with Gasteiger partial charge in [0.1, 0.15) is 11.4 Å². The summed E-state index contributed by atoms with van der Waals surface area (Å²) in [6, 6.07) is 1.20. The summed E-state index contributed by atoms with van der Waals surface area (Å²) in [6.45, 7) is 1.49. The molecule has 0 radical (unpaired) electrons. The van der Waals surface area contributed by atoms with Crippen LogP contribution in [0.4, 0.5) is 8.78 Å². The van der Waals surface area contributed by atoms with E-state index in [1.165, 1.54) is 13.0 Å². The Morgan fingerprint density at radius 3 is 2.69 bits per heavy atom. The van der Waals surface area contributed by atoms with Crippen LogP contribution in [0.15, 0.2) is 6.07 Å². The highest BCUT2D eigenvalue weighted by Crippen LogP contribution is 2.27. The summed E-state index contributed by atoms with van der Waals surface area (Å²) in [5.74, 6) is -0.0266. The second-order valence-corrected chi connectivity index (χ2v) is 3.14. The van der Waals surface area contributed by atoms with E-state index in [1.54, 1.807) is 0 Å². The second kappa shape index (κ2) is 4.00. The van der Waals surface area contributed by atoms with Gasteiger partial charge in [0.25, 0.3) is 6.43 Å². The number of hydrogen-bond acceptors (Lipinski definition) is 2. The van der Waals surface area contributed by atoms with Gasteiger partial charge in [-0.05, 0) is 13.0 Å². The van der Waals surface area contributed by atoms with Crippen molar-refractivity contribution in [3.05, 3.63) is 23.0 Å². The Labute approximate surface area is 82.7 Å². The van der Waals surface area contributed by atoms with Crippen LogP contribution in [0, 0.1) is 6.92 Å². The number of aryl methyl sites for hydroxylation is 1. The summed E-state index contributed by atoms with van der Waals surface area (Å²) in [5.41, 5.74) is 0.361. The molecular formula is C8H8BrF2NO. The van der Waals surface area contributed by atoms with Crippen molar-refractivity contribution in [2.45, 2.75) is 18.7 Å². The molecule has 0 aliphatic carbocycles. The standard InChI is InChI=1S/C8H8BrF2NO/c1-4-7(13)5(3-9)2-6(12-4)8(10)11/h2,8,13H,3H2,1H3. The van der Waals surface area contributed by atoms with Crippen LogP contribution in [0.3, 0.4) is 0 Å². The molecular weight excluding hydrogens is 244 g/mol. The summed E-state index contributed by atoms with van der Waals surface area (Å²) in [6.07, 6.45) is -2.60. The predicted molar refractivity (Wildman–Crippen MR) is 48.2 cm³/mol. The molecule has 1 rings (SSSR count). The van der Waals surface area contributed by atoms with Crippen LogP contribution in [0.2, 0.25) is 0 Å². The Bertz CT molecular complexity index is 317. The first kappa shape index (κ1) is 10.4. The van der Waals surface area contributed by atoms with E-state index in [2.05, 4.69) is 20.9 Å². The first-order valence-electron chi connectivity index (χ1n) is 3.59. The lowest BCUT2D eigenvalue weighted by Gasteiger charge is -2.06. The van der Waals surface area contributed by atoms with Gasteiger partial charge in [-0.1, -0.05) is 15.9 Å². The number of halogens is 3. The molecule has 0 unspecified atom stereocenters. The Morgan fingerprint density at radius 1 is 1.62 bits per heavy atom. The molecule has 0 saturated heterocycles. The smallest absolute Gasteiger partial charge is 0.280 e. The van der Waals surface area contributed by atoms with Crippen LogP contribution in [-0.2, 0) is 5.33 Å². The minimum atomic E-state index is -2.60. The van der Waals surface area contributed by atoms with E-state index in [-0.39, 0.29) is 17.1 Å². The molecule has 0 aliphatic heterocycles. The van der Waals surface area contributed by atoms with Crippen LogP contribution in [0.5, 0.6) is 5.75 Å². The highest BCUT2D eigenvalue weighted by atomic mass is 79.9. The minimum absolute atomic E-state index is 0.0266. The summed E-state index contributed by atoms with van der Waals surface area (Å²) in [5, 5.41) is 9.70. The van der Waals surface area contributed by atoms with Crippen molar-refractivity contribution in [3.8, 4) is 5.75 Å². The lowest BCUT2D eigenvalue weighted by atomic mass is 10.2. The van der Waals surface area contributed by atoms with E-state index in [9.17, 15) is 13.9 Å². The van der Waals surface area contributed by atoms with Crippen LogP contribution < -0.4 is 0 Å². The average Bonchev–Trinajstić information content (AvgIpc) is 2.09. The van der Waals surface area contributed by atoms with E-state index in [0.717, 1.165) is 0 Å².